The molecule has 7 nitrogen and oxygen atoms in total. The van der Waals surface area contributed by atoms with Gasteiger partial charge in [0.2, 0.25) is 5.95 Å². The second kappa shape index (κ2) is 9.75. The Morgan fingerprint density at radius 3 is 2.53 bits per heavy atom. The lowest BCUT2D eigenvalue weighted by Gasteiger charge is -2.12. The van der Waals surface area contributed by atoms with Gasteiger partial charge in [-0.1, -0.05) is 0 Å². The Morgan fingerprint density at radius 1 is 1.00 bits per heavy atom. The first-order valence-electron chi connectivity index (χ1n) is 11.6. The SMILES string of the molecule is COc1ccc(Nc2nccc(-c3c(-c4ccc(F)cc4)nc4cc(CN(C)C)ccn34)n2)c(C)c1. The minimum atomic E-state index is -0.291. The van der Waals surface area contributed by atoms with Gasteiger partial charge in [-0.3, -0.25) is 4.40 Å². The molecule has 2 aromatic carbocycles. The second-order valence-electron chi connectivity index (χ2n) is 8.89. The van der Waals surface area contributed by atoms with Crippen LogP contribution in [0.4, 0.5) is 16.0 Å². The zero-order chi connectivity index (χ0) is 25.2. The minimum absolute atomic E-state index is 0.291. The van der Waals surface area contributed by atoms with Gasteiger partial charge in [-0.05, 0) is 92.8 Å². The summed E-state index contributed by atoms with van der Waals surface area (Å²) in [5.74, 6) is 0.960. The molecule has 5 rings (SSSR count). The Kier molecular flexibility index (Phi) is 6.35. The zero-order valence-corrected chi connectivity index (χ0v) is 20.7. The van der Waals surface area contributed by atoms with Gasteiger partial charge in [0.1, 0.15) is 17.2 Å². The monoisotopic (exact) mass is 482 g/mol. The van der Waals surface area contributed by atoms with Gasteiger partial charge >= 0.3 is 0 Å². The highest BCUT2D eigenvalue weighted by atomic mass is 19.1. The molecule has 0 aliphatic rings. The summed E-state index contributed by atoms with van der Waals surface area (Å²) in [6, 6.07) is 18.2. The number of aryl methyl sites for hydroxylation is 1. The van der Waals surface area contributed by atoms with E-state index in [1.54, 1.807) is 25.4 Å². The van der Waals surface area contributed by atoms with E-state index in [1.165, 1.54) is 12.1 Å². The van der Waals surface area contributed by atoms with Crippen LogP contribution in [0.15, 0.2) is 73.1 Å². The lowest BCUT2D eigenvalue weighted by Crippen LogP contribution is -2.10. The molecule has 36 heavy (non-hydrogen) atoms. The van der Waals surface area contributed by atoms with Crippen molar-refractivity contribution in [2.75, 3.05) is 26.5 Å². The number of fused-ring (bicyclic) bond motifs is 1. The minimum Gasteiger partial charge on any atom is -0.497 e. The fourth-order valence-electron chi connectivity index (χ4n) is 4.18. The molecule has 0 atom stereocenters. The first-order chi connectivity index (χ1) is 17.4. The van der Waals surface area contributed by atoms with Gasteiger partial charge in [-0.2, -0.15) is 0 Å². The van der Waals surface area contributed by atoms with Gasteiger partial charge in [0.25, 0.3) is 0 Å². The van der Waals surface area contributed by atoms with E-state index in [0.29, 0.717) is 11.6 Å². The molecule has 0 bridgehead atoms. The van der Waals surface area contributed by atoms with Crippen molar-refractivity contribution in [2.45, 2.75) is 13.5 Å². The van der Waals surface area contributed by atoms with E-state index < -0.39 is 0 Å². The predicted molar refractivity (Wildman–Crippen MR) is 140 cm³/mol. The third-order valence-corrected chi connectivity index (χ3v) is 5.89. The Labute approximate surface area is 209 Å². The first kappa shape index (κ1) is 23.4. The van der Waals surface area contributed by atoms with Gasteiger partial charge in [0, 0.05) is 30.2 Å². The molecule has 8 heteroatoms. The molecule has 0 radical (unpaired) electrons. The average molecular weight is 483 g/mol. The molecule has 0 amide bonds. The lowest BCUT2D eigenvalue weighted by atomic mass is 10.1. The number of anilines is 2. The summed E-state index contributed by atoms with van der Waals surface area (Å²) in [6.07, 6.45) is 3.73. The summed E-state index contributed by atoms with van der Waals surface area (Å²) in [7, 11) is 5.71. The van der Waals surface area contributed by atoms with E-state index in [0.717, 1.165) is 51.7 Å². The number of nitrogens with one attached hydrogen (secondary N) is 1. The molecule has 0 saturated heterocycles. The van der Waals surface area contributed by atoms with Crippen molar-refractivity contribution in [3.05, 3.63) is 90.0 Å². The molecule has 3 heterocycles. The summed E-state index contributed by atoms with van der Waals surface area (Å²) in [5.41, 5.74) is 6.88. The molecule has 5 aromatic rings. The molecular weight excluding hydrogens is 455 g/mol. The molecule has 1 N–H and O–H groups in total. The van der Waals surface area contributed by atoms with Crippen LogP contribution < -0.4 is 10.1 Å². The first-order valence-corrected chi connectivity index (χ1v) is 11.6. The summed E-state index contributed by atoms with van der Waals surface area (Å²) >= 11 is 0. The van der Waals surface area contributed by atoms with E-state index in [1.807, 2.05) is 55.9 Å². The van der Waals surface area contributed by atoms with Gasteiger partial charge in [0.15, 0.2) is 0 Å². The van der Waals surface area contributed by atoms with E-state index in [2.05, 4.69) is 27.3 Å². The highest BCUT2D eigenvalue weighted by Crippen LogP contribution is 2.33. The molecule has 3 aromatic heterocycles. The van der Waals surface area contributed by atoms with Crippen LogP contribution in [0, 0.1) is 12.7 Å². The van der Waals surface area contributed by atoms with Crippen LogP contribution in [0.5, 0.6) is 5.75 Å². The maximum Gasteiger partial charge on any atom is 0.227 e. The fraction of sp³-hybridized carbons (Fsp3) is 0.179. The highest BCUT2D eigenvalue weighted by Gasteiger charge is 2.18. The van der Waals surface area contributed by atoms with Crippen molar-refractivity contribution in [2.24, 2.45) is 0 Å². The zero-order valence-electron chi connectivity index (χ0n) is 20.7. The molecule has 182 valence electrons. The van der Waals surface area contributed by atoms with Crippen LogP contribution in [0.2, 0.25) is 0 Å². The van der Waals surface area contributed by atoms with Gasteiger partial charge in [0.05, 0.1) is 24.2 Å². The van der Waals surface area contributed by atoms with Crippen LogP contribution >= 0.6 is 0 Å². The maximum absolute atomic E-state index is 13.7. The second-order valence-corrected chi connectivity index (χ2v) is 8.89. The van der Waals surface area contributed by atoms with Crippen molar-refractivity contribution in [3.63, 3.8) is 0 Å². The number of benzene rings is 2. The summed E-state index contributed by atoms with van der Waals surface area (Å²) in [4.78, 5) is 16.3. The number of hydrogen-bond donors (Lipinski definition) is 1. The smallest absolute Gasteiger partial charge is 0.227 e. The number of aromatic nitrogens is 4. The van der Waals surface area contributed by atoms with Crippen molar-refractivity contribution < 1.29 is 9.13 Å². The number of imidazole rings is 1. The number of nitrogens with zero attached hydrogens (tertiary/aromatic N) is 5. The topological polar surface area (TPSA) is 67.6 Å². The van der Waals surface area contributed by atoms with E-state index in [9.17, 15) is 4.39 Å². The molecule has 0 fully saturated rings. The molecule has 0 spiro atoms. The highest BCUT2D eigenvalue weighted by molar-refractivity contribution is 5.81. The van der Waals surface area contributed by atoms with Gasteiger partial charge in [-0.15, -0.1) is 0 Å². The quantitative estimate of drug-likeness (QED) is 0.320. The number of halogens is 1. The number of ether oxygens (including phenoxy) is 1. The van der Waals surface area contributed by atoms with Crippen molar-refractivity contribution in [3.8, 4) is 28.4 Å². The van der Waals surface area contributed by atoms with Gasteiger partial charge < -0.3 is 15.0 Å². The molecular formula is C28H27FN6O. The summed E-state index contributed by atoms with van der Waals surface area (Å²) < 4.78 is 21.0. The van der Waals surface area contributed by atoms with Crippen LogP contribution in [-0.4, -0.2) is 45.5 Å². The van der Waals surface area contributed by atoms with Crippen LogP contribution in [0.25, 0.3) is 28.3 Å². The largest absolute Gasteiger partial charge is 0.497 e. The van der Waals surface area contributed by atoms with Crippen molar-refractivity contribution in [1.82, 2.24) is 24.3 Å². The van der Waals surface area contributed by atoms with E-state index in [4.69, 9.17) is 14.7 Å². The number of methoxy groups -OCH3 is 1. The van der Waals surface area contributed by atoms with Crippen molar-refractivity contribution in [1.29, 1.82) is 0 Å². The van der Waals surface area contributed by atoms with Gasteiger partial charge in [-0.25, -0.2) is 19.3 Å². The third-order valence-electron chi connectivity index (χ3n) is 5.89. The molecule has 0 saturated carbocycles. The number of rotatable bonds is 7. The Balaban J connectivity index is 1.61. The van der Waals surface area contributed by atoms with E-state index in [-0.39, 0.29) is 5.82 Å². The standard InChI is InChI=1S/C28H27FN6O/c1-18-15-22(36-4)9-10-23(18)31-28-30-13-11-24(32-28)27-26(20-5-7-21(29)8-6-20)33-25-16-19(17-34(2)3)12-14-35(25)27/h5-16H,17H2,1-4H3,(H,30,31,32). The normalized spacial score (nSPS) is 11.3. The summed E-state index contributed by atoms with van der Waals surface area (Å²) in [5, 5.41) is 3.31. The number of pyridine rings is 1. The third kappa shape index (κ3) is 4.76. The van der Waals surface area contributed by atoms with Crippen molar-refractivity contribution >= 4 is 17.3 Å². The van der Waals surface area contributed by atoms with Crippen LogP contribution in [0.3, 0.4) is 0 Å². The number of hydrogen-bond acceptors (Lipinski definition) is 6. The molecule has 0 unspecified atom stereocenters. The molecule has 0 aliphatic heterocycles. The van der Waals surface area contributed by atoms with Crippen LogP contribution in [0.1, 0.15) is 11.1 Å². The Bertz CT molecular complexity index is 1530. The molecule has 0 aliphatic carbocycles. The maximum atomic E-state index is 13.7. The summed E-state index contributed by atoms with van der Waals surface area (Å²) in [6.45, 7) is 2.80. The Hall–Kier alpha value is -4.30. The Morgan fingerprint density at radius 2 is 1.81 bits per heavy atom. The lowest BCUT2D eigenvalue weighted by molar-refractivity contribution is 0.402. The predicted octanol–water partition coefficient (Wildman–Crippen LogP) is 5.72. The average Bonchev–Trinajstić information content (AvgIpc) is 3.24. The van der Waals surface area contributed by atoms with Crippen LogP contribution in [-0.2, 0) is 6.54 Å². The fourth-order valence-corrected chi connectivity index (χ4v) is 4.18. The van der Waals surface area contributed by atoms with E-state index >= 15 is 0 Å².